The molecule has 6 heteroatoms. The van der Waals surface area contributed by atoms with Gasteiger partial charge in [-0.2, -0.15) is 13.2 Å². The van der Waals surface area contributed by atoms with Crippen LogP contribution in [0.25, 0.3) is 0 Å². The average Bonchev–Trinajstić information content (AvgIpc) is 2.38. The van der Waals surface area contributed by atoms with Crippen molar-refractivity contribution in [3.63, 3.8) is 0 Å². The molecular weight excluding hydrogens is 323 g/mol. The Kier molecular flexibility index (Phi) is 6.63. The molecule has 112 valence electrons. The lowest BCUT2D eigenvalue weighted by Gasteiger charge is -2.35. The maximum Gasteiger partial charge on any atom is 0.392 e. The summed E-state index contributed by atoms with van der Waals surface area (Å²) in [5, 5.41) is 0.754. The Balaban J connectivity index is 2.75. The second kappa shape index (κ2) is 7.50. The van der Waals surface area contributed by atoms with Gasteiger partial charge in [0.15, 0.2) is 0 Å². The van der Waals surface area contributed by atoms with Gasteiger partial charge < -0.3 is 4.90 Å². The fourth-order valence-corrected chi connectivity index (χ4v) is 2.98. The van der Waals surface area contributed by atoms with E-state index < -0.39 is 18.0 Å². The van der Waals surface area contributed by atoms with Gasteiger partial charge >= 0.3 is 6.18 Å². The summed E-state index contributed by atoms with van der Waals surface area (Å²) in [6.45, 7) is 2.83. The summed E-state index contributed by atoms with van der Waals surface area (Å²) in [5.41, 5.74) is 0. The highest BCUT2D eigenvalue weighted by molar-refractivity contribution is 9.09. The van der Waals surface area contributed by atoms with E-state index in [1.54, 1.807) is 4.90 Å². The molecule has 1 rings (SSSR count). The molecule has 0 saturated heterocycles. The molecule has 0 aromatic heterocycles. The van der Waals surface area contributed by atoms with Crippen molar-refractivity contribution in [1.82, 2.24) is 4.90 Å². The number of nitrogens with zero attached hydrogens (tertiary/aromatic N) is 1. The minimum Gasteiger partial charge on any atom is -0.343 e. The highest BCUT2D eigenvalue weighted by Gasteiger charge is 2.48. The number of hydrogen-bond acceptors (Lipinski definition) is 1. The Hall–Kier alpha value is -0.260. The van der Waals surface area contributed by atoms with Gasteiger partial charge in [0.1, 0.15) is 0 Å². The number of carbonyl (C=O) groups excluding carboxylic acids is 1. The van der Waals surface area contributed by atoms with E-state index in [0.717, 1.165) is 18.2 Å². The maximum atomic E-state index is 13.0. The highest BCUT2D eigenvalue weighted by atomic mass is 79.9. The van der Waals surface area contributed by atoms with E-state index in [1.807, 2.05) is 6.92 Å². The molecule has 2 unspecified atom stereocenters. The quantitative estimate of drug-likeness (QED) is 0.691. The standard InChI is InChI=1S/C13H21BrF3NO/c1-2-18(9-5-8-14)12(19)10-6-3-4-7-11(10)13(15,16)17/h10-11H,2-9H2,1H3. The smallest absolute Gasteiger partial charge is 0.343 e. The number of hydrogen-bond donors (Lipinski definition) is 0. The Morgan fingerprint density at radius 3 is 2.47 bits per heavy atom. The highest BCUT2D eigenvalue weighted by Crippen LogP contribution is 2.42. The van der Waals surface area contributed by atoms with Gasteiger partial charge in [-0.1, -0.05) is 28.8 Å². The van der Waals surface area contributed by atoms with Crippen LogP contribution in [-0.4, -0.2) is 35.4 Å². The van der Waals surface area contributed by atoms with Crippen LogP contribution in [0.2, 0.25) is 0 Å². The molecule has 19 heavy (non-hydrogen) atoms. The van der Waals surface area contributed by atoms with E-state index >= 15 is 0 Å². The Morgan fingerprint density at radius 2 is 1.95 bits per heavy atom. The molecule has 0 bridgehead atoms. The molecule has 2 atom stereocenters. The van der Waals surface area contributed by atoms with Crippen LogP contribution < -0.4 is 0 Å². The minimum absolute atomic E-state index is 0.0932. The summed E-state index contributed by atoms with van der Waals surface area (Å²) >= 11 is 3.28. The molecule has 0 aromatic rings. The Labute approximate surface area is 120 Å². The SMILES string of the molecule is CCN(CCCBr)C(=O)C1CCCCC1C(F)(F)F. The van der Waals surface area contributed by atoms with Gasteiger partial charge in [-0.3, -0.25) is 4.79 Å². The fraction of sp³-hybridized carbons (Fsp3) is 0.923. The topological polar surface area (TPSA) is 20.3 Å². The van der Waals surface area contributed by atoms with E-state index in [4.69, 9.17) is 0 Å². The summed E-state index contributed by atoms with van der Waals surface area (Å²) in [7, 11) is 0. The second-order valence-electron chi connectivity index (χ2n) is 5.00. The van der Waals surface area contributed by atoms with Gasteiger partial charge in [-0.05, 0) is 26.2 Å². The number of halogens is 4. The first-order chi connectivity index (χ1) is 8.91. The third kappa shape index (κ3) is 4.65. The molecule has 0 spiro atoms. The number of alkyl halides is 4. The molecule has 1 saturated carbocycles. The predicted octanol–water partition coefficient (Wildman–Crippen LogP) is 3.99. The predicted molar refractivity (Wildman–Crippen MR) is 72.2 cm³/mol. The van der Waals surface area contributed by atoms with Gasteiger partial charge in [-0.25, -0.2) is 0 Å². The van der Waals surface area contributed by atoms with Crippen LogP contribution in [0.1, 0.15) is 39.0 Å². The zero-order valence-corrected chi connectivity index (χ0v) is 12.8. The molecule has 1 aliphatic rings. The van der Waals surface area contributed by atoms with E-state index in [2.05, 4.69) is 15.9 Å². The lowest BCUT2D eigenvalue weighted by atomic mass is 9.78. The van der Waals surface area contributed by atoms with Gasteiger partial charge in [0.25, 0.3) is 0 Å². The van der Waals surface area contributed by atoms with Crippen molar-refractivity contribution in [1.29, 1.82) is 0 Å². The van der Waals surface area contributed by atoms with E-state index in [9.17, 15) is 18.0 Å². The summed E-state index contributed by atoms with van der Waals surface area (Å²) < 4.78 is 39.0. The zero-order valence-electron chi connectivity index (χ0n) is 11.2. The molecule has 0 heterocycles. The van der Waals surface area contributed by atoms with Crippen molar-refractivity contribution >= 4 is 21.8 Å². The molecule has 0 aromatic carbocycles. The van der Waals surface area contributed by atoms with Gasteiger partial charge in [-0.15, -0.1) is 0 Å². The molecular formula is C13H21BrF3NO. The van der Waals surface area contributed by atoms with E-state index in [0.29, 0.717) is 25.9 Å². The van der Waals surface area contributed by atoms with Crippen LogP contribution in [-0.2, 0) is 4.79 Å². The molecule has 1 aliphatic carbocycles. The lowest BCUT2D eigenvalue weighted by Crippen LogP contribution is -2.45. The van der Waals surface area contributed by atoms with Gasteiger partial charge in [0, 0.05) is 24.3 Å². The summed E-state index contributed by atoms with van der Waals surface area (Å²) in [4.78, 5) is 13.9. The summed E-state index contributed by atoms with van der Waals surface area (Å²) in [5.74, 6) is -2.64. The lowest BCUT2D eigenvalue weighted by molar-refractivity contribution is -0.200. The van der Waals surface area contributed by atoms with Gasteiger partial charge in [0.2, 0.25) is 5.91 Å². The minimum atomic E-state index is -4.25. The van der Waals surface area contributed by atoms with Crippen molar-refractivity contribution in [2.24, 2.45) is 11.8 Å². The van der Waals surface area contributed by atoms with Gasteiger partial charge in [0.05, 0.1) is 5.92 Å². The van der Waals surface area contributed by atoms with Crippen LogP contribution in [0.3, 0.4) is 0 Å². The molecule has 2 nitrogen and oxygen atoms in total. The van der Waals surface area contributed by atoms with Crippen LogP contribution in [0.15, 0.2) is 0 Å². The monoisotopic (exact) mass is 343 g/mol. The third-order valence-electron chi connectivity index (χ3n) is 3.76. The summed E-state index contributed by atoms with van der Waals surface area (Å²) in [6, 6.07) is 0. The summed E-state index contributed by atoms with van der Waals surface area (Å²) in [6.07, 6.45) is -1.73. The van der Waals surface area contributed by atoms with Crippen molar-refractivity contribution in [2.45, 2.75) is 45.2 Å². The Morgan fingerprint density at radius 1 is 1.32 bits per heavy atom. The normalized spacial score (nSPS) is 24.3. The van der Waals surface area contributed by atoms with Crippen molar-refractivity contribution in [2.75, 3.05) is 18.4 Å². The van der Waals surface area contributed by atoms with Crippen LogP contribution in [0.4, 0.5) is 13.2 Å². The third-order valence-corrected chi connectivity index (χ3v) is 4.32. The first kappa shape index (κ1) is 16.8. The fourth-order valence-electron chi connectivity index (χ4n) is 2.73. The van der Waals surface area contributed by atoms with Crippen molar-refractivity contribution in [3.8, 4) is 0 Å². The zero-order chi connectivity index (χ0) is 14.5. The molecule has 1 amide bonds. The largest absolute Gasteiger partial charge is 0.392 e. The van der Waals surface area contributed by atoms with Crippen molar-refractivity contribution in [3.05, 3.63) is 0 Å². The van der Waals surface area contributed by atoms with E-state index in [1.165, 1.54) is 0 Å². The van der Waals surface area contributed by atoms with Crippen LogP contribution in [0.5, 0.6) is 0 Å². The number of amides is 1. The second-order valence-corrected chi connectivity index (χ2v) is 5.79. The molecule has 0 radical (unpaired) electrons. The number of rotatable bonds is 5. The molecule has 0 N–H and O–H groups in total. The Bertz CT molecular complexity index is 296. The molecule has 1 fully saturated rings. The van der Waals surface area contributed by atoms with Crippen LogP contribution >= 0.6 is 15.9 Å². The number of carbonyl (C=O) groups is 1. The maximum absolute atomic E-state index is 13.0. The van der Waals surface area contributed by atoms with Crippen LogP contribution in [0, 0.1) is 11.8 Å². The van der Waals surface area contributed by atoms with E-state index in [-0.39, 0.29) is 12.3 Å². The van der Waals surface area contributed by atoms with Crippen molar-refractivity contribution < 1.29 is 18.0 Å². The average molecular weight is 344 g/mol. The first-order valence-corrected chi connectivity index (χ1v) is 7.95. The molecule has 0 aliphatic heterocycles. The first-order valence-electron chi connectivity index (χ1n) is 6.83.